The molecule has 0 saturated heterocycles. The lowest BCUT2D eigenvalue weighted by molar-refractivity contribution is 0.0692. The van der Waals surface area contributed by atoms with Gasteiger partial charge in [-0.3, -0.25) is 0 Å². The lowest BCUT2D eigenvalue weighted by Gasteiger charge is -2.05. The summed E-state index contributed by atoms with van der Waals surface area (Å²) in [6.45, 7) is 0.191. The summed E-state index contributed by atoms with van der Waals surface area (Å²) < 4.78 is 24.3. The van der Waals surface area contributed by atoms with Gasteiger partial charge in [0.15, 0.2) is 0 Å². The molecular weight excluding hydrogens is 242 g/mol. The van der Waals surface area contributed by atoms with Crippen LogP contribution in [-0.2, 0) is 9.84 Å². The van der Waals surface area contributed by atoms with Crippen LogP contribution < -0.4 is 5.32 Å². The van der Waals surface area contributed by atoms with Gasteiger partial charge < -0.3 is 10.4 Å². The fraction of sp³-hybridized carbons (Fsp3) is 0.182. The third-order valence-corrected chi connectivity index (χ3v) is 4.50. The molecule has 0 radical (unpaired) electrons. The molecule has 0 bridgehead atoms. The third kappa shape index (κ3) is 1.75. The maximum absolute atomic E-state index is 12.1. The molecule has 0 spiro atoms. The second-order valence-corrected chi connectivity index (χ2v) is 5.61. The van der Waals surface area contributed by atoms with E-state index in [1.54, 1.807) is 13.1 Å². The first-order chi connectivity index (χ1) is 7.98. The molecule has 1 aliphatic heterocycles. The van der Waals surface area contributed by atoms with Crippen molar-refractivity contribution in [2.24, 2.45) is 0 Å². The van der Waals surface area contributed by atoms with Crippen LogP contribution in [0.5, 0.6) is 0 Å². The first-order valence-corrected chi connectivity index (χ1v) is 6.43. The Balaban J connectivity index is 2.67. The zero-order valence-electron chi connectivity index (χ0n) is 9.10. The summed E-state index contributed by atoms with van der Waals surface area (Å²) in [5, 5.41) is 11.7. The maximum Gasteiger partial charge on any atom is 0.337 e. The standard InChI is InChI=1S/C11H11NO4S/c1-12-6-8-5-7-3-2-4-9(11(13)14)10(7)17(8,15)16/h2-5,12H,6H2,1H3,(H,13,14). The minimum atomic E-state index is -3.67. The van der Waals surface area contributed by atoms with Gasteiger partial charge in [0, 0.05) is 6.54 Å². The first-order valence-electron chi connectivity index (χ1n) is 4.95. The topological polar surface area (TPSA) is 83.5 Å². The van der Waals surface area contributed by atoms with E-state index >= 15 is 0 Å². The first kappa shape index (κ1) is 11.8. The second-order valence-electron chi connectivity index (χ2n) is 3.67. The van der Waals surface area contributed by atoms with E-state index in [2.05, 4.69) is 5.32 Å². The number of sulfone groups is 1. The predicted molar refractivity (Wildman–Crippen MR) is 62.5 cm³/mol. The second kappa shape index (κ2) is 3.97. The molecule has 0 saturated carbocycles. The highest BCUT2D eigenvalue weighted by atomic mass is 32.2. The van der Waals surface area contributed by atoms with Gasteiger partial charge >= 0.3 is 5.97 Å². The van der Waals surface area contributed by atoms with Crippen molar-refractivity contribution in [2.75, 3.05) is 13.6 Å². The van der Waals surface area contributed by atoms with E-state index in [-0.39, 0.29) is 21.9 Å². The van der Waals surface area contributed by atoms with E-state index in [0.717, 1.165) is 0 Å². The van der Waals surface area contributed by atoms with E-state index in [9.17, 15) is 13.2 Å². The molecule has 0 atom stereocenters. The zero-order valence-corrected chi connectivity index (χ0v) is 9.91. The van der Waals surface area contributed by atoms with Crippen LogP contribution in [0.4, 0.5) is 0 Å². The van der Waals surface area contributed by atoms with E-state index in [0.29, 0.717) is 5.56 Å². The number of hydrogen-bond donors (Lipinski definition) is 2. The van der Waals surface area contributed by atoms with Crippen molar-refractivity contribution in [2.45, 2.75) is 4.90 Å². The van der Waals surface area contributed by atoms with Gasteiger partial charge in [0.2, 0.25) is 9.84 Å². The minimum Gasteiger partial charge on any atom is -0.478 e. The van der Waals surface area contributed by atoms with Crippen molar-refractivity contribution in [1.82, 2.24) is 5.32 Å². The minimum absolute atomic E-state index is 0.0993. The average Bonchev–Trinajstić information content (AvgIpc) is 2.51. The Bertz CT molecular complexity index is 616. The number of hydrogen-bond acceptors (Lipinski definition) is 4. The van der Waals surface area contributed by atoms with Crippen molar-refractivity contribution in [3.05, 3.63) is 34.2 Å². The lowest BCUT2D eigenvalue weighted by atomic mass is 10.1. The Kier molecular flexibility index (Phi) is 2.76. The van der Waals surface area contributed by atoms with Gasteiger partial charge in [-0.25, -0.2) is 13.2 Å². The van der Waals surface area contributed by atoms with E-state index in [1.165, 1.54) is 18.2 Å². The average molecular weight is 253 g/mol. The summed E-state index contributed by atoms with van der Waals surface area (Å²) >= 11 is 0. The summed E-state index contributed by atoms with van der Waals surface area (Å²) in [5.41, 5.74) is 0.264. The molecule has 90 valence electrons. The Morgan fingerprint density at radius 2 is 2.12 bits per heavy atom. The van der Waals surface area contributed by atoms with Gasteiger partial charge in [-0.05, 0) is 24.8 Å². The van der Waals surface area contributed by atoms with Crippen LogP contribution in [0.25, 0.3) is 6.08 Å². The van der Waals surface area contributed by atoms with Crippen molar-refractivity contribution in [3.63, 3.8) is 0 Å². The normalized spacial score (nSPS) is 16.4. The Hall–Kier alpha value is -1.66. The van der Waals surface area contributed by atoms with Crippen LogP contribution in [0, 0.1) is 0 Å². The van der Waals surface area contributed by atoms with E-state index in [1.807, 2.05) is 0 Å². The highest BCUT2D eigenvalue weighted by Gasteiger charge is 2.33. The molecule has 1 aromatic rings. The molecule has 1 aromatic carbocycles. The summed E-state index contributed by atoms with van der Waals surface area (Å²) in [7, 11) is -2.03. The predicted octanol–water partition coefficient (Wildman–Crippen LogP) is 0.732. The fourth-order valence-electron chi connectivity index (χ4n) is 1.84. The van der Waals surface area contributed by atoms with Crippen LogP contribution in [-0.4, -0.2) is 33.1 Å². The lowest BCUT2D eigenvalue weighted by Crippen LogP contribution is -2.16. The van der Waals surface area contributed by atoms with Crippen molar-refractivity contribution in [3.8, 4) is 0 Å². The van der Waals surface area contributed by atoms with Crippen LogP contribution in [0.1, 0.15) is 15.9 Å². The maximum atomic E-state index is 12.1. The van der Waals surface area contributed by atoms with Crippen LogP contribution in [0.3, 0.4) is 0 Å². The van der Waals surface area contributed by atoms with Crippen LogP contribution >= 0.6 is 0 Å². The summed E-state index contributed by atoms with van der Waals surface area (Å²) in [6, 6.07) is 4.44. The number of benzene rings is 1. The molecular formula is C11H11NO4S. The molecule has 0 aromatic heterocycles. The van der Waals surface area contributed by atoms with Gasteiger partial charge in [0.25, 0.3) is 0 Å². The highest BCUT2D eigenvalue weighted by molar-refractivity contribution is 7.96. The van der Waals surface area contributed by atoms with Crippen LogP contribution in [0.2, 0.25) is 0 Å². The number of aromatic carboxylic acids is 1. The monoisotopic (exact) mass is 253 g/mol. The molecule has 0 fully saturated rings. The number of nitrogens with one attached hydrogen (secondary N) is 1. The van der Waals surface area contributed by atoms with Crippen molar-refractivity contribution < 1.29 is 18.3 Å². The number of rotatable bonds is 3. The molecule has 2 N–H and O–H groups in total. The fourth-order valence-corrected chi connectivity index (χ4v) is 3.60. The number of likely N-dealkylation sites (N-methyl/N-ethyl adjacent to an activating group) is 1. The molecule has 2 rings (SSSR count). The Morgan fingerprint density at radius 1 is 1.41 bits per heavy atom. The smallest absolute Gasteiger partial charge is 0.337 e. The zero-order chi connectivity index (χ0) is 12.6. The summed E-state index contributed by atoms with van der Waals surface area (Å²) in [6.07, 6.45) is 1.51. The molecule has 17 heavy (non-hydrogen) atoms. The van der Waals surface area contributed by atoms with Crippen LogP contribution in [0.15, 0.2) is 28.0 Å². The van der Waals surface area contributed by atoms with Gasteiger partial charge in [-0.1, -0.05) is 12.1 Å². The molecule has 5 nitrogen and oxygen atoms in total. The van der Waals surface area contributed by atoms with Gasteiger partial charge in [-0.2, -0.15) is 0 Å². The molecule has 0 unspecified atom stereocenters. The van der Waals surface area contributed by atoms with E-state index in [4.69, 9.17) is 5.11 Å². The van der Waals surface area contributed by atoms with Gasteiger partial charge in [0.05, 0.1) is 15.4 Å². The Labute approximate surface area is 98.7 Å². The SMILES string of the molecule is CNCC1=Cc2cccc(C(=O)O)c2S1(=O)=O. The number of carboxylic acids is 1. The van der Waals surface area contributed by atoms with Crippen molar-refractivity contribution in [1.29, 1.82) is 0 Å². The molecule has 6 heteroatoms. The Morgan fingerprint density at radius 3 is 2.71 bits per heavy atom. The molecule has 1 heterocycles. The summed E-state index contributed by atoms with van der Waals surface area (Å²) in [4.78, 5) is 11.1. The van der Waals surface area contributed by atoms with Gasteiger partial charge in [0.1, 0.15) is 0 Å². The summed E-state index contributed by atoms with van der Waals surface area (Å²) in [5.74, 6) is -1.23. The van der Waals surface area contributed by atoms with Gasteiger partial charge in [-0.15, -0.1) is 0 Å². The molecule has 1 aliphatic rings. The van der Waals surface area contributed by atoms with Crippen molar-refractivity contribution >= 4 is 21.9 Å². The van der Waals surface area contributed by atoms with E-state index < -0.39 is 15.8 Å². The third-order valence-electron chi connectivity index (χ3n) is 2.56. The highest BCUT2D eigenvalue weighted by Crippen LogP contribution is 2.34. The number of carbonyl (C=O) groups is 1. The number of fused-ring (bicyclic) bond motifs is 1. The largest absolute Gasteiger partial charge is 0.478 e. The molecule has 0 aliphatic carbocycles. The molecule has 0 amide bonds. The quantitative estimate of drug-likeness (QED) is 0.829. The number of carboxylic acid groups (broad SMARTS) is 1.